The van der Waals surface area contributed by atoms with E-state index in [1.165, 1.54) is 26.9 Å². The zero-order valence-electron chi connectivity index (χ0n) is 12.1. The standard InChI is InChI=1S/C17H16N2OS/c1-11-16(19-9-8-18-17(19)21-11)14-5-3-4-12-6-7-13(20-2)10-15(12)14/h3-7,10H,8-9H2,1-2H3. The van der Waals surface area contributed by atoms with Gasteiger partial charge in [0.1, 0.15) is 5.75 Å². The number of rotatable bonds is 2. The van der Waals surface area contributed by atoms with Crippen LogP contribution in [0.25, 0.3) is 16.5 Å². The van der Waals surface area contributed by atoms with Crippen LogP contribution in [0.1, 0.15) is 12.5 Å². The number of hydrogen-bond donors (Lipinski definition) is 0. The van der Waals surface area contributed by atoms with Gasteiger partial charge in [-0.15, -0.1) is 0 Å². The van der Waals surface area contributed by atoms with Crippen LogP contribution < -0.4 is 4.74 Å². The van der Waals surface area contributed by atoms with Crippen molar-refractivity contribution in [2.24, 2.45) is 4.99 Å². The number of thioether (sulfide) groups is 1. The highest BCUT2D eigenvalue weighted by atomic mass is 32.2. The first-order chi connectivity index (χ1) is 10.3. The predicted octanol–water partition coefficient (Wildman–Crippen LogP) is 3.96. The predicted molar refractivity (Wildman–Crippen MR) is 89.7 cm³/mol. The van der Waals surface area contributed by atoms with Crippen LogP contribution in [-0.2, 0) is 0 Å². The van der Waals surface area contributed by atoms with Gasteiger partial charge in [0.15, 0.2) is 5.17 Å². The molecule has 0 amide bonds. The average molecular weight is 296 g/mol. The summed E-state index contributed by atoms with van der Waals surface area (Å²) < 4.78 is 5.39. The Kier molecular flexibility index (Phi) is 2.93. The van der Waals surface area contributed by atoms with E-state index in [2.05, 4.69) is 47.1 Å². The fourth-order valence-electron chi connectivity index (χ4n) is 3.02. The molecule has 0 fully saturated rings. The second kappa shape index (κ2) is 4.81. The van der Waals surface area contributed by atoms with Crippen molar-refractivity contribution in [3.05, 3.63) is 46.9 Å². The SMILES string of the molecule is COc1ccc2cccc(C3=C(C)SC4=NCCN43)c2c1. The van der Waals surface area contributed by atoms with E-state index >= 15 is 0 Å². The third-order valence-corrected chi connectivity index (χ3v) is 5.03. The molecule has 0 unspecified atom stereocenters. The fraction of sp³-hybridized carbons (Fsp3) is 0.235. The van der Waals surface area contributed by atoms with Crippen LogP contribution in [0.2, 0.25) is 0 Å². The Hall–Kier alpha value is -1.94. The molecule has 2 heterocycles. The first-order valence-electron chi connectivity index (χ1n) is 7.06. The van der Waals surface area contributed by atoms with E-state index < -0.39 is 0 Å². The molecule has 0 bridgehead atoms. The Bertz CT molecular complexity index is 794. The molecule has 4 heteroatoms. The molecule has 21 heavy (non-hydrogen) atoms. The Morgan fingerprint density at radius 2 is 2.14 bits per heavy atom. The van der Waals surface area contributed by atoms with Crippen molar-refractivity contribution in [3.8, 4) is 5.75 Å². The Labute approximate surface area is 128 Å². The van der Waals surface area contributed by atoms with E-state index in [-0.39, 0.29) is 0 Å². The molecule has 0 N–H and O–H groups in total. The fourth-order valence-corrected chi connectivity index (χ4v) is 4.06. The van der Waals surface area contributed by atoms with Gasteiger partial charge in [-0.25, -0.2) is 0 Å². The number of allylic oxidation sites excluding steroid dienone is 1. The Balaban J connectivity index is 1.94. The number of amidine groups is 1. The van der Waals surface area contributed by atoms with Gasteiger partial charge in [0.25, 0.3) is 0 Å². The summed E-state index contributed by atoms with van der Waals surface area (Å²) in [5.41, 5.74) is 2.57. The summed E-state index contributed by atoms with van der Waals surface area (Å²) in [5.74, 6) is 0.897. The lowest BCUT2D eigenvalue weighted by Gasteiger charge is -2.19. The Morgan fingerprint density at radius 3 is 3.00 bits per heavy atom. The summed E-state index contributed by atoms with van der Waals surface area (Å²) in [6.07, 6.45) is 0. The van der Waals surface area contributed by atoms with Gasteiger partial charge in [-0.1, -0.05) is 36.0 Å². The summed E-state index contributed by atoms with van der Waals surface area (Å²) in [5, 5.41) is 3.62. The van der Waals surface area contributed by atoms with Crippen molar-refractivity contribution in [2.75, 3.05) is 20.2 Å². The molecule has 2 aliphatic rings. The second-order valence-corrected chi connectivity index (χ2v) is 6.40. The van der Waals surface area contributed by atoms with Crippen LogP contribution in [0.3, 0.4) is 0 Å². The number of benzene rings is 2. The van der Waals surface area contributed by atoms with Crippen molar-refractivity contribution in [1.82, 2.24) is 4.90 Å². The lowest BCUT2D eigenvalue weighted by molar-refractivity contribution is 0.415. The van der Waals surface area contributed by atoms with Crippen molar-refractivity contribution in [3.63, 3.8) is 0 Å². The van der Waals surface area contributed by atoms with Gasteiger partial charge in [0.05, 0.1) is 19.4 Å². The maximum atomic E-state index is 5.39. The van der Waals surface area contributed by atoms with Crippen LogP contribution in [0.15, 0.2) is 46.3 Å². The number of fused-ring (bicyclic) bond motifs is 2. The molecule has 0 aromatic heterocycles. The highest BCUT2D eigenvalue weighted by molar-refractivity contribution is 8.17. The molecule has 0 saturated carbocycles. The van der Waals surface area contributed by atoms with E-state index in [4.69, 9.17) is 4.74 Å². The maximum Gasteiger partial charge on any atom is 0.168 e. The number of ether oxygens (including phenoxy) is 1. The molecule has 106 valence electrons. The molecule has 0 radical (unpaired) electrons. The summed E-state index contributed by atoms with van der Waals surface area (Å²) >= 11 is 1.78. The summed E-state index contributed by atoms with van der Waals surface area (Å²) in [7, 11) is 1.71. The minimum atomic E-state index is 0.896. The largest absolute Gasteiger partial charge is 0.497 e. The van der Waals surface area contributed by atoms with Crippen molar-refractivity contribution in [1.29, 1.82) is 0 Å². The summed E-state index contributed by atoms with van der Waals surface area (Å²) in [6, 6.07) is 12.7. The first kappa shape index (κ1) is 12.8. The lowest BCUT2D eigenvalue weighted by Crippen LogP contribution is -2.20. The zero-order valence-corrected chi connectivity index (χ0v) is 12.9. The van der Waals surface area contributed by atoms with Gasteiger partial charge in [0, 0.05) is 17.0 Å². The summed E-state index contributed by atoms with van der Waals surface area (Å²) in [6.45, 7) is 4.06. The van der Waals surface area contributed by atoms with Gasteiger partial charge < -0.3 is 9.64 Å². The monoisotopic (exact) mass is 296 g/mol. The minimum absolute atomic E-state index is 0.896. The third kappa shape index (κ3) is 1.94. The van der Waals surface area contributed by atoms with Crippen LogP contribution in [0.4, 0.5) is 0 Å². The molecule has 4 rings (SSSR count). The van der Waals surface area contributed by atoms with E-state index in [1.54, 1.807) is 18.9 Å². The van der Waals surface area contributed by atoms with Gasteiger partial charge in [-0.05, 0) is 29.8 Å². The van der Waals surface area contributed by atoms with Crippen LogP contribution in [-0.4, -0.2) is 30.3 Å². The van der Waals surface area contributed by atoms with Gasteiger partial charge in [-0.2, -0.15) is 0 Å². The average Bonchev–Trinajstić information content (AvgIpc) is 3.06. The molecule has 0 spiro atoms. The molecule has 2 aliphatic heterocycles. The van der Waals surface area contributed by atoms with E-state index in [0.29, 0.717) is 0 Å². The number of hydrogen-bond acceptors (Lipinski definition) is 4. The van der Waals surface area contributed by atoms with Gasteiger partial charge in [0.2, 0.25) is 0 Å². The smallest absolute Gasteiger partial charge is 0.168 e. The van der Waals surface area contributed by atoms with E-state index in [1.807, 2.05) is 6.07 Å². The van der Waals surface area contributed by atoms with Crippen LogP contribution in [0.5, 0.6) is 5.75 Å². The normalized spacial score (nSPS) is 17.4. The summed E-state index contributed by atoms with van der Waals surface area (Å²) in [4.78, 5) is 8.24. The molecule has 2 aromatic carbocycles. The van der Waals surface area contributed by atoms with Gasteiger partial charge in [-0.3, -0.25) is 4.99 Å². The van der Waals surface area contributed by atoms with Crippen LogP contribution in [0, 0.1) is 0 Å². The highest BCUT2D eigenvalue weighted by Crippen LogP contribution is 2.43. The maximum absolute atomic E-state index is 5.39. The van der Waals surface area contributed by atoms with Gasteiger partial charge >= 0.3 is 0 Å². The minimum Gasteiger partial charge on any atom is -0.497 e. The zero-order chi connectivity index (χ0) is 14.4. The molecule has 3 nitrogen and oxygen atoms in total. The topological polar surface area (TPSA) is 24.8 Å². The first-order valence-corrected chi connectivity index (χ1v) is 7.87. The molecular weight excluding hydrogens is 280 g/mol. The van der Waals surface area contributed by atoms with E-state index in [9.17, 15) is 0 Å². The third-order valence-electron chi connectivity index (χ3n) is 3.99. The molecule has 0 atom stereocenters. The van der Waals surface area contributed by atoms with Crippen molar-refractivity contribution in [2.45, 2.75) is 6.92 Å². The highest BCUT2D eigenvalue weighted by Gasteiger charge is 2.31. The molecule has 0 aliphatic carbocycles. The molecule has 2 aromatic rings. The Morgan fingerprint density at radius 1 is 1.24 bits per heavy atom. The van der Waals surface area contributed by atoms with Crippen molar-refractivity contribution < 1.29 is 4.74 Å². The lowest BCUT2D eigenvalue weighted by atomic mass is 10.0. The quantitative estimate of drug-likeness (QED) is 0.838. The molecule has 0 saturated heterocycles. The van der Waals surface area contributed by atoms with E-state index in [0.717, 1.165) is 24.0 Å². The van der Waals surface area contributed by atoms with Crippen LogP contribution >= 0.6 is 11.8 Å². The van der Waals surface area contributed by atoms with Crippen molar-refractivity contribution >= 4 is 33.4 Å². The molecular formula is C17H16N2OS. The number of methoxy groups -OCH3 is 1. The number of nitrogens with zero attached hydrogens (tertiary/aromatic N) is 2. The number of aliphatic imine (C=N–C) groups is 1. The second-order valence-electron chi connectivity index (χ2n) is 5.22.